The zero-order chi connectivity index (χ0) is 13.4. The van der Waals surface area contributed by atoms with Crippen molar-refractivity contribution >= 4 is 11.8 Å². The van der Waals surface area contributed by atoms with Crippen LogP contribution in [0.4, 0.5) is 0 Å². The van der Waals surface area contributed by atoms with Crippen LogP contribution in [-0.2, 0) is 6.42 Å². The summed E-state index contributed by atoms with van der Waals surface area (Å²) in [5.74, 6) is 0.769. The van der Waals surface area contributed by atoms with Crippen LogP contribution in [0.15, 0.2) is 30.3 Å². The summed E-state index contributed by atoms with van der Waals surface area (Å²) in [6.07, 6.45) is 4.20. The Morgan fingerprint density at radius 1 is 1.33 bits per heavy atom. The van der Waals surface area contributed by atoms with Crippen LogP contribution in [0, 0.1) is 0 Å². The standard InChI is InChI=1S/C15H25NOS/c1-13(16-11-15(2,17)12-18-3)9-10-14-7-5-4-6-8-14/h4-8,13,16-17H,9-12H2,1-3H3. The molecule has 1 aromatic carbocycles. The maximum Gasteiger partial charge on any atom is 0.0833 e. The molecule has 102 valence electrons. The van der Waals surface area contributed by atoms with Crippen LogP contribution in [0.25, 0.3) is 0 Å². The Balaban J connectivity index is 2.24. The quantitative estimate of drug-likeness (QED) is 0.759. The lowest BCUT2D eigenvalue weighted by molar-refractivity contribution is 0.0817. The first-order valence-electron chi connectivity index (χ1n) is 6.52. The third-order valence-electron chi connectivity index (χ3n) is 3.00. The predicted octanol–water partition coefficient (Wildman–Crippen LogP) is 2.71. The van der Waals surface area contributed by atoms with Crippen LogP contribution < -0.4 is 5.32 Å². The van der Waals surface area contributed by atoms with Crippen LogP contribution in [0.2, 0.25) is 0 Å². The maximum atomic E-state index is 10.1. The summed E-state index contributed by atoms with van der Waals surface area (Å²) >= 11 is 1.68. The summed E-state index contributed by atoms with van der Waals surface area (Å²) < 4.78 is 0. The molecule has 0 aliphatic carbocycles. The Labute approximate surface area is 115 Å². The Morgan fingerprint density at radius 2 is 2.00 bits per heavy atom. The molecule has 0 spiro atoms. The van der Waals surface area contributed by atoms with Crippen molar-refractivity contribution in [3.05, 3.63) is 35.9 Å². The van der Waals surface area contributed by atoms with E-state index in [4.69, 9.17) is 0 Å². The Bertz CT molecular complexity index is 327. The first-order chi connectivity index (χ1) is 8.53. The number of rotatable bonds is 8. The van der Waals surface area contributed by atoms with E-state index < -0.39 is 5.60 Å². The van der Waals surface area contributed by atoms with Crippen molar-refractivity contribution in [2.24, 2.45) is 0 Å². The van der Waals surface area contributed by atoms with E-state index in [1.54, 1.807) is 11.8 Å². The van der Waals surface area contributed by atoms with Gasteiger partial charge in [-0.25, -0.2) is 0 Å². The van der Waals surface area contributed by atoms with E-state index >= 15 is 0 Å². The zero-order valence-electron chi connectivity index (χ0n) is 11.6. The van der Waals surface area contributed by atoms with Gasteiger partial charge < -0.3 is 10.4 Å². The minimum absolute atomic E-state index is 0.429. The third kappa shape index (κ3) is 6.43. The molecule has 0 amide bonds. The molecule has 18 heavy (non-hydrogen) atoms. The van der Waals surface area contributed by atoms with E-state index in [1.165, 1.54) is 5.56 Å². The van der Waals surface area contributed by atoms with E-state index in [9.17, 15) is 5.11 Å². The number of aliphatic hydroxyl groups is 1. The Morgan fingerprint density at radius 3 is 2.61 bits per heavy atom. The van der Waals surface area contributed by atoms with Gasteiger partial charge in [-0.3, -0.25) is 0 Å². The molecule has 0 bridgehead atoms. The number of thioether (sulfide) groups is 1. The van der Waals surface area contributed by atoms with Gasteiger partial charge in [0.2, 0.25) is 0 Å². The molecule has 1 aromatic rings. The topological polar surface area (TPSA) is 32.3 Å². The van der Waals surface area contributed by atoms with Crippen LogP contribution in [-0.4, -0.2) is 35.3 Å². The number of benzene rings is 1. The highest BCUT2D eigenvalue weighted by atomic mass is 32.2. The predicted molar refractivity (Wildman–Crippen MR) is 81.2 cm³/mol. The SMILES string of the molecule is CSCC(C)(O)CNC(C)CCc1ccccc1. The summed E-state index contributed by atoms with van der Waals surface area (Å²) in [5.41, 5.74) is 0.766. The van der Waals surface area contributed by atoms with Crippen LogP contribution in [0.5, 0.6) is 0 Å². The van der Waals surface area contributed by atoms with Gasteiger partial charge in [0.05, 0.1) is 5.60 Å². The highest BCUT2D eigenvalue weighted by Gasteiger charge is 2.19. The molecule has 2 unspecified atom stereocenters. The van der Waals surface area contributed by atoms with Gasteiger partial charge in [-0.1, -0.05) is 30.3 Å². The van der Waals surface area contributed by atoms with Crippen molar-refractivity contribution < 1.29 is 5.11 Å². The van der Waals surface area contributed by atoms with Crippen molar-refractivity contribution in [1.82, 2.24) is 5.32 Å². The number of hydrogen-bond acceptors (Lipinski definition) is 3. The molecular weight excluding hydrogens is 242 g/mol. The molecule has 0 aromatic heterocycles. The van der Waals surface area contributed by atoms with Crippen LogP contribution in [0.1, 0.15) is 25.8 Å². The van der Waals surface area contributed by atoms with Crippen LogP contribution >= 0.6 is 11.8 Å². The highest BCUT2D eigenvalue weighted by Crippen LogP contribution is 2.10. The van der Waals surface area contributed by atoms with Crippen LogP contribution in [0.3, 0.4) is 0 Å². The second-order valence-electron chi connectivity index (χ2n) is 5.24. The summed E-state index contributed by atoms with van der Waals surface area (Å²) in [5, 5.41) is 13.5. The van der Waals surface area contributed by atoms with Crippen molar-refractivity contribution in [2.45, 2.75) is 38.3 Å². The monoisotopic (exact) mass is 267 g/mol. The molecule has 2 nitrogen and oxygen atoms in total. The van der Waals surface area contributed by atoms with Gasteiger partial charge in [0, 0.05) is 18.3 Å². The number of hydrogen-bond donors (Lipinski definition) is 2. The van der Waals surface area contributed by atoms with E-state index in [1.807, 2.05) is 19.2 Å². The second-order valence-corrected chi connectivity index (χ2v) is 6.10. The highest BCUT2D eigenvalue weighted by molar-refractivity contribution is 7.98. The number of aryl methyl sites for hydroxylation is 1. The summed E-state index contributed by atoms with van der Waals surface area (Å²) in [6, 6.07) is 11.0. The van der Waals surface area contributed by atoms with E-state index in [-0.39, 0.29) is 0 Å². The minimum Gasteiger partial charge on any atom is -0.388 e. The molecule has 0 saturated heterocycles. The van der Waals surface area contributed by atoms with Crippen molar-refractivity contribution in [3.8, 4) is 0 Å². The molecular formula is C15H25NOS. The summed E-state index contributed by atoms with van der Waals surface area (Å²) in [6.45, 7) is 4.72. The van der Waals surface area contributed by atoms with Crippen molar-refractivity contribution in [3.63, 3.8) is 0 Å². The lowest BCUT2D eigenvalue weighted by Crippen LogP contribution is -2.43. The van der Waals surface area contributed by atoms with Gasteiger partial charge in [-0.2, -0.15) is 11.8 Å². The van der Waals surface area contributed by atoms with Gasteiger partial charge in [0.15, 0.2) is 0 Å². The molecule has 0 heterocycles. The Hall–Kier alpha value is -0.510. The van der Waals surface area contributed by atoms with Gasteiger partial charge in [0.25, 0.3) is 0 Å². The second kappa shape index (κ2) is 7.82. The third-order valence-corrected chi connectivity index (χ3v) is 3.91. The molecule has 2 atom stereocenters. The normalized spacial score (nSPS) is 16.2. The number of nitrogens with one attached hydrogen (secondary N) is 1. The fraction of sp³-hybridized carbons (Fsp3) is 0.600. The molecule has 2 N–H and O–H groups in total. The average molecular weight is 267 g/mol. The molecule has 0 fully saturated rings. The van der Waals surface area contributed by atoms with Crippen molar-refractivity contribution in [1.29, 1.82) is 0 Å². The maximum absolute atomic E-state index is 10.1. The first-order valence-corrected chi connectivity index (χ1v) is 7.91. The summed E-state index contributed by atoms with van der Waals surface area (Å²) in [7, 11) is 0. The lowest BCUT2D eigenvalue weighted by Gasteiger charge is -2.25. The zero-order valence-corrected chi connectivity index (χ0v) is 12.5. The lowest BCUT2D eigenvalue weighted by atomic mass is 10.0. The van der Waals surface area contributed by atoms with E-state index in [0.717, 1.165) is 18.6 Å². The molecule has 0 saturated carbocycles. The molecule has 3 heteroatoms. The Kier molecular flexibility index (Phi) is 6.76. The largest absolute Gasteiger partial charge is 0.388 e. The average Bonchev–Trinajstić information content (AvgIpc) is 2.35. The first kappa shape index (κ1) is 15.5. The fourth-order valence-corrected chi connectivity index (χ4v) is 2.61. The van der Waals surface area contributed by atoms with Gasteiger partial charge in [-0.15, -0.1) is 0 Å². The molecule has 1 rings (SSSR count). The van der Waals surface area contributed by atoms with E-state index in [2.05, 4.69) is 36.5 Å². The van der Waals surface area contributed by atoms with Gasteiger partial charge >= 0.3 is 0 Å². The van der Waals surface area contributed by atoms with Crippen molar-refractivity contribution in [2.75, 3.05) is 18.6 Å². The van der Waals surface area contributed by atoms with Gasteiger partial charge in [-0.05, 0) is 38.5 Å². The van der Waals surface area contributed by atoms with Gasteiger partial charge in [0.1, 0.15) is 0 Å². The fourth-order valence-electron chi connectivity index (χ4n) is 1.89. The smallest absolute Gasteiger partial charge is 0.0833 e. The molecule has 0 aliphatic heterocycles. The summed E-state index contributed by atoms with van der Waals surface area (Å²) in [4.78, 5) is 0. The minimum atomic E-state index is -0.611. The molecule has 0 aliphatic rings. The molecule has 0 radical (unpaired) electrons. The van der Waals surface area contributed by atoms with E-state index in [0.29, 0.717) is 12.6 Å².